The maximum absolute atomic E-state index is 12.0. The molecule has 3 rings (SSSR count). The molecule has 6 nitrogen and oxygen atoms in total. The first-order chi connectivity index (χ1) is 11.1. The number of rotatable bonds is 3. The number of benzene rings is 2. The number of hydrogen-bond acceptors (Lipinski definition) is 5. The predicted molar refractivity (Wildman–Crippen MR) is 81.6 cm³/mol. The molecule has 6 heteroatoms. The smallest absolute Gasteiger partial charge is 0.434 e. The third-order valence-corrected chi connectivity index (χ3v) is 3.48. The minimum absolute atomic E-state index is 0.0107. The van der Waals surface area contributed by atoms with E-state index in [9.17, 15) is 15.1 Å². The van der Waals surface area contributed by atoms with Crippen LogP contribution in [0.15, 0.2) is 55.1 Å². The Morgan fingerprint density at radius 3 is 2.78 bits per heavy atom. The summed E-state index contributed by atoms with van der Waals surface area (Å²) in [6.07, 6.45) is 0.515. The Balaban J connectivity index is 2.05. The van der Waals surface area contributed by atoms with Gasteiger partial charge in [0.15, 0.2) is 0 Å². The lowest BCUT2D eigenvalue weighted by Gasteiger charge is -2.32. The number of fused-ring (bicyclic) bond motifs is 2. The topological polar surface area (TPSA) is 79.2 Å². The molecule has 1 unspecified atom stereocenters. The SMILES string of the molecule is C=CCOC(=O)N(O)C1c2ccccc2Oc2cc(O)ccc21. The molecule has 0 saturated heterocycles. The van der Waals surface area contributed by atoms with Crippen molar-refractivity contribution >= 4 is 6.09 Å². The lowest BCUT2D eigenvalue weighted by atomic mass is 9.94. The van der Waals surface area contributed by atoms with E-state index in [-0.39, 0.29) is 12.4 Å². The third kappa shape index (κ3) is 2.72. The maximum Gasteiger partial charge on any atom is 0.434 e. The number of aromatic hydroxyl groups is 1. The van der Waals surface area contributed by atoms with Crippen LogP contribution in [0.25, 0.3) is 0 Å². The van der Waals surface area contributed by atoms with Gasteiger partial charge in [-0.25, -0.2) is 4.79 Å². The average Bonchev–Trinajstić information content (AvgIpc) is 2.56. The fraction of sp³-hybridized carbons (Fsp3) is 0.118. The van der Waals surface area contributed by atoms with Crippen molar-refractivity contribution in [3.63, 3.8) is 0 Å². The minimum atomic E-state index is -0.898. The zero-order valence-corrected chi connectivity index (χ0v) is 12.2. The Kier molecular flexibility index (Phi) is 3.91. The van der Waals surface area contributed by atoms with E-state index >= 15 is 0 Å². The lowest BCUT2D eigenvalue weighted by Crippen LogP contribution is -2.34. The highest BCUT2D eigenvalue weighted by molar-refractivity contribution is 5.69. The van der Waals surface area contributed by atoms with Crippen LogP contribution in [0, 0.1) is 0 Å². The molecule has 2 N–H and O–H groups in total. The van der Waals surface area contributed by atoms with E-state index in [1.54, 1.807) is 30.3 Å². The van der Waals surface area contributed by atoms with Crippen LogP contribution in [-0.2, 0) is 4.74 Å². The van der Waals surface area contributed by atoms with Crippen molar-refractivity contribution < 1.29 is 24.6 Å². The second-order valence-electron chi connectivity index (χ2n) is 4.97. The van der Waals surface area contributed by atoms with E-state index in [2.05, 4.69) is 6.58 Å². The van der Waals surface area contributed by atoms with Crippen LogP contribution in [0.5, 0.6) is 17.2 Å². The Bertz CT molecular complexity index is 758. The van der Waals surface area contributed by atoms with Crippen LogP contribution < -0.4 is 4.74 Å². The molecule has 1 amide bonds. The van der Waals surface area contributed by atoms with Gasteiger partial charge in [0.1, 0.15) is 29.9 Å². The number of para-hydroxylation sites is 1. The van der Waals surface area contributed by atoms with E-state index in [1.165, 1.54) is 18.2 Å². The number of hydroxylamine groups is 2. The standard InChI is InChI=1S/C17H15NO5/c1-2-9-22-17(20)18(21)16-12-5-3-4-6-14(12)23-15-10-11(19)7-8-13(15)16/h2-8,10,16,19,21H,1,9H2. The Morgan fingerprint density at radius 2 is 2.00 bits per heavy atom. The van der Waals surface area contributed by atoms with Crippen molar-refractivity contribution in [2.75, 3.05) is 6.61 Å². The zero-order valence-electron chi connectivity index (χ0n) is 12.2. The molecular weight excluding hydrogens is 298 g/mol. The number of nitrogens with zero attached hydrogens (tertiary/aromatic N) is 1. The van der Waals surface area contributed by atoms with E-state index < -0.39 is 12.1 Å². The first-order valence-electron chi connectivity index (χ1n) is 6.97. The summed E-state index contributed by atoms with van der Waals surface area (Å²) in [6, 6.07) is 10.7. The van der Waals surface area contributed by atoms with Crippen molar-refractivity contribution in [3.8, 4) is 17.2 Å². The highest BCUT2D eigenvalue weighted by Gasteiger charge is 2.35. The van der Waals surface area contributed by atoms with Crippen LogP contribution in [0.4, 0.5) is 4.79 Å². The quantitative estimate of drug-likeness (QED) is 0.514. The van der Waals surface area contributed by atoms with Gasteiger partial charge >= 0.3 is 6.09 Å². The van der Waals surface area contributed by atoms with Crippen LogP contribution in [0.1, 0.15) is 17.2 Å². The highest BCUT2D eigenvalue weighted by Crippen LogP contribution is 2.46. The molecule has 0 spiro atoms. The van der Waals surface area contributed by atoms with Gasteiger partial charge in [-0.15, -0.1) is 0 Å². The summed E-state index contributed by atoms with van der Waals surface area (Å²) < 4.78 is 10.6. The van der Waals surface area contributed by atoms with E-state index in [1.807, 2.05) is 0 Å². The van der Waals surface area contributed by atoms with Gasteiger partial charge in [-0.05, 0) is 18.2 Å². The zero-order chi connectivity index (χ0) is 16.4. The number of ether oxygens (including phenoxy) is 2. The Morgan fingerprint density at radius 1 is 1.26 bits per heavy atom. The molecule has 0 fully saturated rings. The number of amides is 1. The number of hydrogen-bond donors (Lipinski definition) is 2. The predicted octanol–water partition coefficient (Wildman–Crippen LogP) is 3.60. The van der Waals surface area contributed by atoms with Crippen LogP contribution in [0.3, 0.4) is 0 Å². The van der Waals surface area contributed by atoms with Crippen LogP contribution >= 0.6 is 0 Å². The molecule has 2 aromatic carbocycles. The minimum Gasteiger partial charge on any atom is -0.508 e. The summed E-state index contributed by atoms with van der Waals surface area (Å²) in [6.45, 7) is 3.45. The Labute approximate surface area is 132 Å². The second-order valence-corrected chi connectivity index (χ2v) is 4.97. The second kappa shape index (κ2) is 6.02. The van der Waals surface area contributed by atoms with Crippen molar-refractivity contribution in [2.45, 2.75) is 6.04 Å². The number of carbonyl (C=O) groups is 1. The van der Waals surface area contributed by atoms with Crippen LogP contribution in [0.2, 0.25) is 0 Å². The maximum atomic E-state index is 12.0. The van der Waals surface area contributed by atoms with Gasteiger partial charge in [0.2, 0.25) is 0 Å². The Hall–Kier alpha value is -2.99. The highest BCUT2D eigenvalue weighted by atomic mass is 16.6. The fourth-order valence-corrected chi connectivity index (χ4v) is 2.49. The van der Waals surface area contributed by atoms with Crippen molar-refractivity contribution in [3.05, 3.63) is 66.2 Å². The molecule has 0 aromatic heterocycles. The van der Waals surface area contributed by atoms with Gasteiger partial charge in [-0.2, -0.15) is 5.06 Å². The molecule has 0 aliphatic carbocycles. The van der Waals surface area contributed by atoms with Crippen molar-refractivity contribution in [1.29, 1.82) is 0 Å². The molecule has 0 saturated carbocycles. The van der Waals surface area contributed by atoms with Crippen molar-refractivity contribution in [2.24, 2.45) is 0 Å². The van der Waals surface area contributed by atoms with E-state index in [0.29, 0.717) is 27.7 Å². The molecule has 1 heterocycles. The molecule has 2 aromatic rings. The number of carbonyl (C=O) groups excluding carboxylic acids is 1. The largest absolute Gasteiger partial charge is 0.508 e. The van der Waals surface area contributed by atoms with Gasteiger partial charge in [-0.3, -0.25) is 5.21 Å². The molecule has 23 heavy (non-hydrogen) atoms. The first-order valence-corrected chi connectivity index (χ1v) is 6.97. The number of phenolic OH excluding ortho intramolecular Hbond substituents is 1. The monoisotopic (exact) mass is 313 g/mol. The molecular formula is C17H15NO5. The van der Waals surface area contributed by atoms with E-state index in [0.717, 1.165) is 0 Å². The normalized spacial score (nSPS) is 14.9. The number of phenols is 1. The van der Waals surface area contributed by atoms with Gasteiger partial charge in [0.05, 0.1) is 0 Å². The molecule has 0 bridgehead atoms. The fourth-order valence-electron chi connectivity index (χ4n) is 2.49. The molecule has 0 radical (unpaired) electrons. The van der Waals surface area contributed by atoms with Gasteiger partial charge in [-0.1, -0.05) is 30.9 Å². The molecule has 118 valence electrons. The summed E-state index contributed by atoms with van der Waals surface area (Å²) in [5.41, 5.74) is 1.16. The first kappa shape index (κ1) is 14.9. The average molecular weight is 313 g/mol. The third-order valence-electron chi connectivity index (χ3n) is 3.48. The van der Waals surface area contributed by atoms with Crippen molar-refractivity contribution in [1.82, 2.24) is 5.06 Å². The summed E-state index contributed by atoms with van der Waals surface area (Å²) in [7, 11) is 0. The molecule has 1 atom stereocenters. The summed E-state index contributed by atoms with van der Waals surface area (Å²) in [5, 5.41) is 20.5. The van der Waals surface area contributed by atoms with E-state index in [4.69, 9.17) is 9.47 Å². The summed E-state index contributed by atoms with van der Waals surface area (Å²) in [4.78, 5) is 12.0. The van der Waals surface area contributed by atoms with Gasteiger partial charge < -0.3 is 14.6 Å². The molecule has 1 aliphatic heterocycles. The molecule has 1 aliphatic rings. The van der Waals surface area contributed by atoms with Crippen LogP contribution in [-0.4, -0.2) is 28.1 Å². The lowest BCUT2D eigenvalue weighted by molar-refractivity contribution is -0.0956. The van der Waals surface area contributed by atoms with Gasteiger partial charge in [0.25, 0.3) is 0 Å². The summed E-state index contributed by atoms with van der Waals surface area (Å²) in [5.74, 6) is 0.885. The van der Waals surface area contributed by atoms with Gasteiger partial charge in [0, 0.05) is 17.2 Å². The summed E-state index contributed by atoms with van der Waals surface area (Å²) >= 11 is 0.